The molecule has 0 bridgehead atoms. The van der Waals surface area contributed by atoms with Gasteiger partial charge in [0.2, 0.25) is 0 Å². The number of nitrogens with zero attached hydrogens (tertiary/aromatic N) is 2. The molecule has 84 valence electrons. The molecule has 1 rings (SSSR count). The normalized spacial score (nSPS) is 13.1. The van der Waals surface area contributed by atoms with E-state index in [1.165, 1.54) is 5.56 Å². The number of rotatable bonds is 6. The quantitative estimate of drug-likeness (QED) is 0.806. The van der Waals surface area contributed by atoms with Crippen molar-refractivity contribution in [3.05, 3.63) is 24.3 Å². The molecule has 1 aromatic heterocycles. The monoisotopic (exact) mass is 225 g/mol. The highest BCUT2D eigenvalue weighted by atomic mass is 32.2. The van der Waals surface area contributed by atoms with Crippen LogP contribution in [0.3, 0.4) is 0 Å². The molecule has 0 aliphatic heterocycles. The maximum absolute atomic E-state index is 4.05. The van der Waals surface area contributed by atoms with Crippen LogP contribution in [-0.2, 0) is 0 Å². The summed E-state index contributed by atoms with van der Waals surface area (Å²) in [6.07, 6.45) is 5.35. The van der Waals surface area contributed by atoms with Gasteiger partial charge in [-0.05, 0) is 11.8 Å². The second kappa shape index (κ2) is 6.80. The average molecular weight is 225 g/mol. The van der Waals surface area contributed by atoms with Crippen molar-refractivity contribution in [1.82, 2.24) is 15.3 Å². The molecule has 1 aromatic rings. The van der Waals surface area contributed by atoms with Crippen molar-refractivity contribution in [3.63, 3.8) is 0 Å². The number of thioether (sulfide) groups is 1. The fourth-order valence-electron chi connectivity index (χ4n) is 1.30. The van der Waals surface area contributed by atoms with Gasteiger partial charge in [-0.2, -0.15) is 11.8 Å². The van der Waals surface area contributed by atoms with Crippen LogP contribution in [0.15, 0.2) is 18.7 Å². The molecular formula is C11H19N3S. The lowest BCUT2D eigenvalue weighted by atomic mass is 10.2. The van der Waals surface area contributed by atoms with Crippen molar-refractivity contribution in [3.8, 4) is 0 Å². The summed E-state index contributed by atoms with van der Waals surface area (Å²) >= 11 is 1.96. The lowest BCUT2D eigenvalue weighted by molar-refractivity contribution is 0.601. The first-order chi connectivity index (χ1) is 7.24. The van der Waals surface area contributed by atoms with Crippen molar-refractivity contribution >= 4 is 11.8 Å². The summed E-state index contributed by atoms with van der Waals surface area (Å²) in [5.74, 6) is 1.07. The highest BCUT2D eigenvalue weighted by molar-refractivity contribution is 7.99. The Balaban J connectivity index is 2.57. The highest BCUT2D eigenvalue weighted by Gasteiger charge is 2.11. The molecule has 0 aromatic carbocycles. The summed E-state index contributed by atoms with van der Waals surface area (Å²) in [5.41, 5.74) is 1.17. The second-order valence-corrected chi connectivity index (χ2v) is 5.27. The molecule has 3 nitrogen and oxygen atoms in total. The maximum atomic E-state index is 4.05. The van der Waals surface area contributed by atoms with Crippen LogP contribution < -0.4 is 5.32 Å². The summed E-state index contributed by atoms with van der Waals surface area (Å²) in [6.45, 7) is 7.53. The zero-order valence-electron chi connectivity index (χ0n) is 9.60. The number of hydrogen-bond acceptors (Lipinski definition) is 4. The minimum Gasteiger partial charge on any atom is -0.309 e. The summed E-state index contributed by atoms with van der Waals surface area (Å²) in [4.78, 5) is 8.11. The molecule has 0 fully saturated rings. The highest BCUT2D eigenvalue weighted by Crippen LogP contribution is 2.19. The van der Waals surface area contributed by atoms with Crippen LogP contribution in [0.1, 0.15) is 32.4 Å². The van der Waals surface area contributed by atoms with Gasteiger partial charge in [-0.1, -0.05) is 20.8 Å². The van der Waals surface area contributed by atoms with E-state index in [1.54, 1.807) is 6.33 Å². The van der Waals surface area contributed by atoms with Gasteiger partial charge in [-0.25, -0.2) is 9.97 Å². The van der Waals surface area contributed by atoms with Gasteiger partial charge in [-0.3, -0.25) is 0 Å². The third-order valence-electron chi connectivity index (χ3n) is 2.03. The Morgan fingerprint density at radius 3 is 2.53 bits per heavy atom. The summed E-state index contributed by atoms with van der Waals surface area (Å²) in [6, 6.07) is 0.364. The zero-order chi connectivity index (χ0) is 11.1. The van der Waals surface area contributed by atoms with Gasteiger partial charge in [0, 0.05) is 29.8 Å². The van der Waals surface area contributed by atoms with E-state index < -0.39 is 0 Å². The van der Waals surface area contributed by atoms with Crippen LogP contribution in [0, 0.1) is 0 Å². The molecule has 0 amide bonds. The Morgan fingerprint density at radius 1 is 1.33 bits per heavy atom. The minimum atomic E-state index is 0.364. The Labute approximate surface area is 96.1 Å². The van der Waals surface area contributed by atoms with Crippen molar-refractivity contribution in [2.24, 2.45) is 0 Å². The Hall–Kier alpha value is -0.610. The first-order valence-electron chi connectivity index (χ1n) is 5.34. The standard InChI is InChI=1S/C11H19N3S/c1-4-14-11(7-15-9(2)3)10-5-12-8-13-6-10/h5-6,8-9,11,14H,4,7H2,1-3H3. The molecule has 0 aliphatic carbocycles. The smallest absolute Gasteiger partial charge is 0.115 e. The van der Waals surface area contributed by atoms with E-state index in [4.69, 9.17) is 0 Å². The fourth-order valence-corrected chi connectivity index (χ4v) is 2.19. The van der Waals surface area contributed by atoms with Gasteiger partial charge in [0.05, 0.1) is 0 Å². The molecule has 0 radical (unpaired) electrons. The molecule has 0 aliphatic rings. The molecule has 0 saturated carbocycles. The Bertz CT molecular complexity index is 264. The van der Waals surface area contributed by atoms with Crippen LogP contribution >= 0.6 is 11.8 Å². The van der Waals surface area contributed by atoms with Gasteiger partial charge in [0.25, 0.3) is 0 Å². The molecule has 0 saturated heterocycles. The topological polar surface area (TPSA) is 37.8 Å². The van der Waals surface area contributed by atoms with Gasteiger partial charge in [-0.15, -0.1) is 0 Å². The van der Waals surface area contributed by atoms with E-state index in [1.807, 2.05) is 24.2 Å². The van der Waals surface area contributed by atoms with Crippen LogP contribution in [0.5, 0.6) is 0 Å². The van der Waals surface area contributed by atoms with E-state index in [0.29, 0.717) is 11.3 Å². The van der Waals surface area contributed by atoms with Crippen molar-refractivity contribution in [2.75, 3.05) is 12.3 Å². The van der Waals surface area contributed by atoms with Crippen LogP contribution in [0.2, 0.25) is 0 Å². The summed E-state index contributed by atoms with van der Waals surface area (Å²) in [5, 5.41) is 4.12. The predicted molar refractivity (Wildman–Crippen MR) is 66.0 cm³/mol. The molecular weight excluding hydrogens is 206 g/mol. The van der Waals surface area contributed by atoms with Gasteiger partial charge < -0.3 is 5.32 Å². The van der Waals surface area contributed by atoms with Crippen LogP contribution in [0.25, 0.3) is 0 Å². The predicted octanol–water partition coefficient (Wildman–Crippen LogP) is 2.27. The number of aromatic nitrogens is 2. The van der Waals surface area contributed by atoms with E-state index in [9.17, 15) is 0 Å². The average Bonchev–Trinajstić information content (AvgIpc) is 2.25. The third kappa shape index (κ3) is 4.62. The largest absolute Gasteiger partial charge is 0.309 e. The molecule has 1 atom stereocenters. The molecule has 0 spiro atoms. The Kier molecular flexibility index (Phi) is 5.65. The zero-order valence-corrected chi connectivity index (χ0v) is 10.4. The molecule has 4 heteroatoms. The number of nitrogens with one attached hydrogen (secondary N) is 1. The van der Waals surface area contributed by atoms with Crippen molar-refractivity contribution in [1.29, 1.82) is 0 Å². The Morgan fingerprint density at radius 2 is 2.00 bits per heavy atom. The molecule has 1 heterocycles. The van der Waals surface area contributed by atoms with Gasteiger partial charge in [0.1, 0.15) is 6.33 Å². The van der Waals surface area contributed by atoms with Gasteiger partial charge in [0.15, 0.2) is 0 Å². The summed E-state index contributed by atoms with van der Waals surface area (Å²) in [7, 11) is 0. The van der Waals surface area contributed by atoms with Crippen LogP contribution in [0.4, 0.5) is 0 Å². The first-order valence-corrected chi connectivity index (χ1v) is 6.38. The third-order valence-corrected chi connectivity index (χ3v) is 3.22. The van der Waals surface area contributed by atoms with Crippen molar-refractivity contribution < 1.29 is 0 Å². The first kappa shape index (κ1) is 12.5. The van der Waals surface area contributed by atoms with Crippen molar-refractivity contribution in [2.45, 2.75) is 32.1 Å². The second-order valence-electron chi connectivity index (χ2n) is 3.66. The summed E-state index contributed by atoms with van der Waals surface area (Å²) < 4.78 is 0. The molecule has 1 N–H and O–H groups in total. The van der Waals surface area contributed by atoms with E-state index in [2.05, 4.69) is 36.1 Å². The van der Waals surface area contributed by atoms with E-state index in [0.717, 1.165) is 12.3 Å². The SMILES string of the molecule is CCNC(CSC(C)C)c1cncnc1. The van der Waals surface area contributed by atoms with E-state index >= 15 is 0 Å². The van der Waals surface area contributed by atoms with Gasteiger partial charge >= 0.3 is 0 Å². The van der Waals surface area contributed by atoms with Crippen LogP contribution in [-0.4, -0.2) is 27.5 Å². The maximum Gasteiger partial charge on any atom is 0.115 e. The fraction of sp³-hybridized carbons (Fsp3) is 0.636. The molecule has 15 heavy (non-hydrogen) atoms. The molecule has 1 unspecified atom stereocenters. The van der Waals surface area contributed by atoms with E-state index in [-0.39, 0.29) is 0 Å². The lowest BCUT2D eigenvalue weighted by Gasteiger charge is -2.18. The minimum absolute atomic E-state index is 0.364. The number of hydrogen-bond donors (Lipinski definition) is 1. The lowest BCUT2D eigenvalue weighted by Crippen LogP contribution is -2.23.